The van der Waals surface area contributed by atoms with Crippen molar-refractivity contribution in [2.24, 2.45) is 14.1 Å². The molecule has 1 aliphatic carbocycles. The minimum atomic E-state index is -0.112. The van der Waals surface area contributed by atoms with Crippen LogP contribution in [-0.4, -0.2) is 54.9 Å². The number of carbonyl (C=O) groups excluding carboxylic acids is 1. The molecule has 1 aliphatic rings. The maximum Gasteiger partial charge on any atom is 0.277 e. The highest BCUT2D eigenvalue weighted by Gasteiger charge is 2.36. The van der Waals surface area contributed by atoms with E-state index >= 15 is 0 Å². The van der Waals surface area contributed by atoms with Crippen LogP contribution in [0, 0.1) is 0 Å². The van der Waals surface area contributed by atoms with E-state index in [0.717, 1.165) is 0 Å². The van der Waals surface area contributed by atoms with Crippen LogP contribution < -0.4 is 15.6 Å². The number of ether oxygens (including phenoxy) is 1. The van der Waals surface area contributed by atoms with Crippen LogP contribution in [0.25, 0.3) is 11.0 Å². The van der Waals surface area contributed by atoms with Gasteiger partial charge < -0.3 is 24.1 Å². The molecule has 3 aromatic heterocycles. The molecule has 0 atom stereocenters. The number of imidazole rings is 1. The van der Waals surface area contributed by atoms with Crippen molar-refractivity contribution in [3.05, 3.63) is 41.7 Å². The van der Waals surface area contributed by atoms with E-state index in [1.807, 2.05) is 0 Å². The third kappa shape index (κ3) is 3.14. The molecule has 10 nitrogen and oxygen atoms in total. The third-order valence-corrected chi connectivity index (χ3v) is 5.71. The van der Waals surface area contributed by atoms with E-state index in [4.69, 9.17) is 4.74 Å². The molecule has 10 heteroatoms. The van der Waals surface area contributed by atoms with Crippen molar-refractivity contribution in [1.82, 2.24) is 28.8 Å². The first kappa shape index (κ1) is 19.7. The molecule has 1 N–H and O–H groups in total. The molecular weight excluding hydrogens is 386 g/mol. The summed E-state index contributed by atoms with van der Waals surface area (Å²) in [5.41, 5.74) is 2.37. The number of amides is 1. The Labute approximate surface area is 173 Å². The Morgan fingerprint density at radius 2 is 2.07 bits per heavy atom. The molecule has 158 valence electrons. The van der Waals surface area contributed by atoms with Crippen LogP contribution in [0.15, 0.2) is 36.2 Å². The van der Waals surface area contributed by atoms with Gasteiger partial charge in [0, 0.05) is 39.4 Å². The lowest BCUT2D eigenvalue weighted by atomic mass is 9.85. The number of nitrogens with zero attached hydrogens (tertiary/aromatic N) is 6. The van der Waals surface area contributed by atoms with Crippen LogP contribution in [0.5, 0.6) is 5.88 Å². The molecule has 3 heterocycles. The van der Waals surface area contributed by atoms with Crippen molar-refractivity contribution in [3.63, 3.8) is 0 Å². The number of carbonyl (C=O) groups is 1. The maximum absolute atomic E-state index is 13.2. The summed E-state index contributed by atoms with van der Waals surface area (Å²) in [4.78, 5) is 31.1. The molecule has 1 amide bonds. The predicted molar refractivity (Wildman–Crippen MR) is 113 cm³/mol. The van der Waals surface area contributed by atoms with E-state index in [1.54, 1.807) is 65.7 Å². The number of hydrogen-bond acceptors (Lipinski definition) is 6. The number of aromatic nitrogens is 5. The van der Waals surface area contributed by atoms with Crippen molar-refractivity contribution in [2.45, 2.75) is 24.9 Å². The Morgan fingerprint density at radius 3 is 2.73 bits per heavy atom. The summed E-state index contributed by atoms with van der Waals surface area (Å²) in [7, 11) is 6.93. The van der Waals surface area contributed by atoms with E-state index in [9.17, 15) is 9.59 Å². The van der Waals surface area contributed by atoms with Gasteiger partial charge in [-0.15, -0.1) is 5.10 Å². The van der Waals surface area contributed by atoms with E-state index in [-0.39, 0.29) is 23.6 Å². The van der Waals surface area contributed by atoms with E-state index < -0.39 is 0 Å². The zero-order valence-electron chi connectivity index (χ0n) is 17.5. The van der Waals surface area contributed by atoms with Crippen LogP contribution in [0.4, 0.5) is 11.4 Å². The average molecular weight is 411 g/mol. The normalized spacial score (nSPS) is 18.1. The Balaban J connectivity index is 1.71. The Morgan fingerprint density at radius 1 is 1.33 bits per heavy atom. The lowest BCUT2D eigenvalue weighted by Crippen LogP contribution is -2.47. The first-order chi connectivity index (χ1) is 14.3. The first-order valence-corrected chi connectivity index (χ1v) is 9.64. The summed E-state index contributed by atoms with van der Waals surface area (Å²) >= 11 is 0. The van der Waals surface area contributed by atoms with Crippen LogP contribution in [0.2, 0.25) is 0 Å². The summed E-state index contributed by atoms with van der Waals surface area (Å²) < 4.78 is 10.4. The number of aryl methyl sites for hydroxylation is 2. The van der Waals surface area contributed by atoms with Gasteiger partial charge in [0.1, 0.15) is 16.7 Å². The molecular formula is C20H25N7O3. The SMILES string of the molecule is C=CC(=O)N(C)C1CC(n2cc(Nc3cn(C)nc3OC)c3ncn(C)c3c2=O)C1. The molecule has 0 bridgehead atoms. The van der Waals surface area contributed by atoms with Gasteiger partial charge in [0.25, 0.3) is 11.4 Å². The highest BCUT2D eigenvalue weighted by atomic mass is 16.5. The monoisotopic (exact) mass is 411 g/mol. The molecule has 0 aromatic carbocycles. The summed E-state index contributed by atoms with van der Waals surface area (Å²) in [6.07, 6.45) is 7.94. The smallest absolute Gasteiger partial charge is 0.277 e. The number of anilines is 2. The summed E-state index contributed by atoms with van der Waals surface area (Å²) in [5, 5.41) is 7.57. The lowest BCUT2D eigenvalue weighted by Gasteiger charge is -2.41. The van der Waals surface area contributed by atoms with Gasteiger partial charge in [0.05, 0.1) is 25.3 Å². The number of rotatable bonds is 6. The highest BCUT2D eigenvalue weighted by molar-refractivity contribution is 5.90. The molecule has 1 saturated carbocycles. The van der Waals surface area contributed by atoms with Gasteiger partial charge in [-0.2, -0.15) is 0 Å². The van der Waals surface area contributed by atoms with Crippen molar-refractivity contribution < 1.29 is 9.53 Å². The predicted octanol–water partition coefficient (Wildman–Crippen LogP) is 1.57. The van der Waals surface area contributed by atoms with Gasteiger partial charge in [-0.1, -0.05) is 6.58 Å². The maximum atomic E-state index is 13.2. The van der Waals surface area contributed by atoms with Gasteiger partial charge in [0.2, 0.25) is 5.91 Å². The molecule has 0 aliphatic heterocycles. The Bertz CT molecular complexity index is 1180. The fourth-order valence-electron chi connectivity index (χ4n) is 3.90. The summed E-state index contributed by atoms with van der Waals surface area (Å²) in [6, 6.07) is 0.0858. The third-order valence-electron chi connectivity index (χ3n) is 5.71. The number of pyridine rings is 1. The van der Waals surface area contributed by atoms with Gasteiger partial charge in [0.15, 0.2) is 0 Å². The molecule has 0 unspecified atom stereocenters. The Kier molecular flexibility index (Phi) is 4.84. The van der Waals surface area contributed by atoms with Crippen LogP contribution in [0.3, 0.4) is 0 Å². The zero-order chi connectivity index (χ0) is 21.6. The molecule has 0 radical (unpaired) electrons. The topological polar surface area (TPSA) is 99.2 Å². The van der Waals surface area contributed by atoms with Crippen molar-refractivity contribution in [1.29, 1.82) is 0 Å². The van der Waals surface area contributed by atoms with E-state index in [2.05, 4.69) is 22.0 Å². The molecule has 1 fully saturated rings. The van der Waals surface area contributed by atoms with Crippen LogP contribution >= 0.6 is 0 Å². The second kappa shape index (κ2) is 7.36. The number of nitrogens with one attached hydrogen (secondary N) is 1. The second-order valence-corrected chi connectivity index (χ2v) is 7.59. The largest absolute Gasteiger partial charge is 0.478 e. The van der Waals surface area contributed by atoms with E-state index in [0.29, 0.717) is 41.1 Å². The minimum Gasteiger partial charge on any atom is -0.478 e. The van der Waals surface area contributed by atoms with Gasteiger partial charge in [-0.25, -0.2) is 4.98 Å². The minimum absolute atomic E-state index is 0.00166. The molecule has 30 heavy (non-hydrogen) atoms. The van der Waals surface area contributed by atoms with Crippen molar-refractivity contribution in [2.75, 3.05) is 19.5 Å². The molecule has 3 aromatic rings. The molecule has 4 rings (SSSR count). The van der Waals surface area contributed by atoms with Gasteiger partial charge >= 0.3 is 0 Å². The van der Waals surface area contributed by atoms with Gasteiger partial charge in [-0.3, -0.25) is 14.3 Å². The zero-order valence-corrected chi connectivity index (χ0v) is 17.5. The van der Waals surface area contributed by atoms with Gasteiger partial charge in [-0.05, 0) is 18.9 Å². The average Bonchev–Trinajstić information content (AvgIpc) is 3.25. The summed E-state index contributed by atoms with van der Waals surface area (Å²) in [5.74, 6) is 0.339. The van der Waals surface area contributed by atoms with Crippen molar-refractivity contribution in [3.8, 4) is 5.88 Å². The lowest BCUT2D eigenvalue weighted by molar-refractivity contribution is -0.129. The second-order valence-electron chi connectivity index (χ2n) is 7.59. The molecule has 0 saturated heterocycles. The molecule has 0 spiro atoms. The van der Waals surface area contributed by atoms with Crippen LogP contribution in [0.1, 0.15) is 18.9 Å². The van der Waals surface area contributed by atoms with Crippen LogP contribution in [-0.2, 0) is 18.9 Å². The van der Waals surface area contributed by atoms with E-state index in [1.165, 1.54) is 6.08 Å². The highest BCUT2D eigenvalue weighted by Crippen LogP contribution is 2.36. The fraction of sp³-hybridized carbons (Fsp3) is 0.400. The number of likely N-dealkylation sites (N-methyl/N-ethyl adjacent to an activating group) is 1. The quantitative estimate of drug-likeness (QED) is 0.618. The Hall–Kier alpha value is -3.56. The number of fused-ring (bicyclic) bond motifs is 1. The number of hydrogen-bond donors (Lipinski definition) is 1. The standard InChI is InChI=1S/C20H25N7O3/c1-6-16(28)26(4)12-7-13(8-12)27-10-14(17-18(20(27)29)24(2)11-21-17)22-15-9-25(3)23-19(15)30-5/h6,9-13,22H,1,7-8H2,2-5H3. The number of methoxy groups -OCH3 is 1. The van der Waals surface area contributed by atoms with Crippen molar-refractivity contribution >= 4 is 28.3 Å². The summed E-state index contributed by atoms with van der Waals surface area (Å²) in [6.45, 7) is 3.54. The fourth-order valence-corrected chi connectivity index (χ4v) is 3.90. The first-order valence-electron chi connectivity index (χ1n) is 9.64.